The van der Waals surface area contributed by atoms with Crippen LogP contribution in [-0.2, 0) is 19.2 Å². The second kappa shape index (κ2) is 6.05. The lowest BCUT2D eigenvalue weighted by Gasteiger charge is -2.13. The number of thioether (sulfide) groups is 1. The maximum atomic E-state index is 11.5. The molecule has 1 saturated heterocycles. The molecule has 1 fully saturated rings. The molecule has 0 N–H and O–H groups in total. The minimum Gasteiger partial charge on any atom is -0.330 e. The van der Waals surface area contributed by atoms with Crippen LogP contribution in [0.3, 0.4) is 0 Å². The van der Waals surface area contributed by atoms with E-state index in [0.29, 0.717) is 16.7 Å². The van der Waals surface area contributed by atoms with Crippen LogP contribution in [-0.4, -0.2) is 34.4 Å². The number of hydroxylamine groups is 2. The number of rotatable bonds is 5. The third kappa shape index (κ3) is 3.73. The molecule has 0 aliphatic carbocycles. The van der Waals surface area contributed by atoms with Gasteiger partial charge in [-0.25, -0.2) is 4.79 Å². The van der Waals surface area contributed by atoms with Crippen LogP contribution in [0.1, 0.15) is 33.1 Å². The van der Waals surface area contributed by atoms with Gasteiger partial charge in [0.25, 0.3) is 11.8 Å². The summed E-state index contributed by atoms with van der Waals surface area (Å²) in [5.41, 5.74) is 0. The minimum atomic E-state index is -0.526. The summed E-state index contributed by atoms with van der Waals surface area (Å²) in [6.45, 7) is 3.65. The van der Waals surface area contributed by atoms with Gasteiger partial charge in [0.05, 0.1) is 0 Å². The van der Waals surface area contributed by atoms with Gasteiger partial charge < -0.3 is 4.84 Å². The fraction of sp³-hybridized carbons (Fsp3) is 0.727. The van der Waals surface area contributed by atoms with Crippen molar-refractivity contribution in [1.82, 2.24) is 5.06 Å². The van der Waals surface area contributed by atoms with Crippen molar-refractivity contribution in [1.29, 1.82) is 0 Å². The normalized spacial score (nSPS) is 21.8. The number of hydrogen-bond acceptors (Lipinski definition) is 5. The molecule has 2 unspecified atom stereocenters. The second-order valence-electron chi connectivity index (χ2n) is 4.18. The first-order valence-electron chi connectivity index (χ1n) is 5.56. The molecule has 96 valence electrons. The topological polar surface area (TPSA) is 63.7 Å². The number of hydrogen-bond donors (Lipinski definition) is 0. The van der Waals surface area contributed by atoms with Crippen molar-refractivity contribution < 1.29 is 19.2 Å². The summed E-state index contributed by atoms with van der Waals surface area (Å²) < 4.78 is 0. The average Bonchev–Trinajstić information content (AvgIpc) is 2.53. The summed E-state index contributed by atoms with van der Waals surface area (Å²) in [4.78, 5) is 39.0. The van der Waals surface area contributed by atoms with Gasteiger partial charge in [0.15, 0.2) is 0 Å². The Morgan fingerprint density at radius 1 is 1.59 bits per heavy atom. The van der Waals surface area contributed by atoms with Gasteiger partial charge in [0, 0.05) is 24.0 Å². The molecule has 1 rings (SSSR count). The number of amides is 2. The number of nitrogens with zero attached hydrogens (tertiary/aromatic N) is 1. The molecular formula is C11H17NO4S. The van der Waals surface area contributed by atoms with E-state index in [1.54, 1.807) is 18.7 Å². The zero-order chi connectivity index (χ0) is 13.0. The van der Waals surface area contributed by atoms with E-state index in [0.717, 1.165) is 0 Å². The van der Waals surface area contributed by atoms with Gasteiger partial charge in [-0.1, -0.05) is 13.8 Å². The lowest BCUT2D eigenvalue weighted by molar-refractivity contribution is -0.198. The SMILES string of the molecule is CSC(C)CCC(=O)ON1C(=O)CC(C)C1=O. The van der Waals surface area contributed by atoms with Crippen molar-refractivity contribution in [2.24, 2.45) is 5.92 Å². The van der Waals surface area contributed by atoms with Crippen LogP contribution >= 0.6 is 11.8 Å². The van der Waals surface area contributed by atoms with Crippen molar-refractivity contribution in [3.63, 3.8) is 0 Å². The van der Waals surface area contributed by atoms with E-state index in [2.05, 4.69) is 0 Å². The first kappa shape index (κ1) is 14.0. The standard InChI is InChI=1S/C11H17NO4S/c1-7-6-9(13)12(11(7)15)16-10(14)5-4-8(2)17-3/h7-8H,4-6H2,1-3H3. The molecule has 2 amide bonds. The molecule has 2 atom stereocenters. The highest BCUT2D eigenvalue weighted by atomic mass is 32.2. The van der Waals surface area contributed by atoms with Gasteiger partial charge in [-0.15, -0.1) is 5.06 Å². The number of carbonyl (C=O) groups excluding carboxylic acids is 3. The maximum absolute atomic E-state index is 11.5. The van der Waals surface area contributed by atoms with Crippen LogP contribution in [0.15, 0.2) is 0 Å². The molecule has 1 aliphatic rings. The highest BCUT2D eigenvalue weighted by molar-refractivity contribution is 7.99. The average molecular weight is 259 g/mol. The van der Waals surface area contributed by atoms with E-state index in [-0.39, 0.29) is 18.8 Å². The van der Waals surface area contributed by atoms with Crippen LogP contribution in [0, 0.1) is 5.92 Å². The van der Waals surface area contributed by atoms with Gasteiger partial charge in [0.1, 0.15) is 0 Å². The molecule has 6 heteroatoms. The molecule has 0 radical (unpaired) electrons. The van der Waals surface area contributed by atoms with Crippen LogP contribution in [0.4, 0.5) is 0 Å². The predicted octanol–water partition coefficient (Wildman–Crippen LogP) is 1.37. The number of carbonyl (C=O) groups is 3. The fourth-order valence-electron chi connectivity index (χ4n) is 1.44. The molecule has 0 aromatic carbocycles. The molecule has 0 aromatic heterocycles. The van der Waals surface area contributed by atoms with Crippen LogP contribution in [0.25, 0.3) is 0 Å². The molecule has 17 heavy (non-hydrogen) atoms. The lowest BCUT2D eigenvalue weighted by Crippen LogP contribution is -2.33. The van der Waals surface area contributed by atoms with E-state index in [1.807, 2.05) is 13.2 Å². The van der Waals surface area contributed by atoms with Crippen LogP contribution in [0.2, 0.25) is 0 Å². The van der Waals surface area contributed by atoms with Crippen LogP contribution < -0.4 is 0 Å². The summed E-state index contributed by atoms with van der Waals surface area (Å²) in [7, 11) is 0. The Kier molecular flexibility index (Phi) is 4.99. The van der Waals surface area contributed by atoms with Crippen molar-refractivity contribution >= 4 is 29.5 Å². The van der Waals surface area contributed by atoms with E-state index in [9.17, 15) is 14.4 Å². The second-order valence-corrected chi connectivity index (χ2v) is 5.46. The largest absolute Gasteiger partial charge is 0.333 e. The first-order valence-corrected chi connectivity index (χ1v) is 6.85. The summed E-state index contributed by atoms with van der Waals surface area (Å²) in [5, 5.41) is 0.961. The Morgan fingerprint density at radius 3 is 2.71 bits per heavy atom. The molecule has 0 bridgehead atoms. The summed E-state index contributed by atoms with van der Waals surface area (Å²) in [6.07, 6.45) is 2.97. The quantitative estimate of drug-likeness (QED) is 0.698. The molecular weight excluding hydrogens is 242 g/mol. The van der Waals surface area contributed by atoms with Crippen LogP contribution in [0.5, 0.6) is 0 Å². The van der Waals surface area contributed by atoms with E-state index >= 15 is 0 Å². The van der Waals surface area contributed by atoms with Crippen molar-refractivity contribution in [3.05, 3.63) is 0 Å². The van der Waals surface area contributed by atoms with E-state index < -0.39 is 17.8 Å². The summed E-state index contributed by atoms with van der Waals surface area (Å²) in [6, 6.07) is 0. The molecule has 5 nitrogen and oxygen atoms in total. The van der Waals surface area contributed by atoms with Gasteiger partial charge in [0.2, 0.25) is 0 Å². The maximum Gasteiger partial charge on any atom is 0.333 e. The van der Waals surface area contributed by atoms with Gasteiger partial charge in [-0.3, -0.25) is 9.59 Å². The smallest absolute Gasteiger partial charge is 0.330 e. The molecule has 0 saturated carbocycles. The highest BCUT2D eigenvalue weighted by Crippen LogP contribution is 2.20. The Balaban J connectivity index is 2.41. The molecule has 0 aromatic rings. The zero-order valence-electron chi connectivity index (χ0n) is 10.3. The monoisotopic (exact) mass is 259 g/mol. The number of imide groups is 1. The summed E-state index contributed by atoms with van der Waals surface area (Å²) >= 11 is 1.66. The molecule has 0 spiro atoms. The fourth-order valence-corrected chi connectivity index (χ4v) is 1.79. The van der Waals surface area contributed by atoms with Crippen molar-refractivity contribution in [2.75, 3.05) is 6.26 Å². The molecule has 1 heterocycles. The minimum absolute atomic E-state index is 0.118. The zero-order valence-corrected chi connectivity index (χ0v) is 11.1. The van der Waals surface area contributed by atoms with Gasteiger partial charge >= 0.3 is 5.97 Å². The molecule has 1 aliphatic heterocycles. The Morgan fingerprint density at radius 2 is 2.24 bits per heavy atom. The highest BCUT2D eigenvalue weighted by Gasteiger charge is 2.38. The van der Waals surface area contributed by atoms with Crippen molar-refractivity contribution in [2.45, 2.75) is 38.4 Å². The van der Waals surface area contributed by atoms with Gasteiger partial charge in [-0.05, 0) is 12.7 Å². The third-order valence-corrected chi connectivity index (χ3v) is 3.72. The Hall–Kier alpha value is -1.04. The third-order valence-electron chi connectivity index (χ3n) is 2.68. The lowest BCUT2D eigenvalue weighted by atomic mass is 10.1. The Bertz CT molecular complexity index is 331. The Labute approximate surface area is 105 Å². The summed E-state index contributed by atoms with van der Waals surface area (Å²) in [5.74, 6) is -1.78. The van der Waals surface area contributed by atoms with E-state index in [1.165, 1.54) is 0 Å². The first-order chi connectivity index (χ1) is 7.95. The van der Waals surface area contributed by atoms with Gasteiger partial charge in [-0.2, -0.15) is 11.8 Å². The van der Waals surface area contributed by atoms with Crippen molar-refractivity contribution in [3.8, 4) is 0 Å². The van der Waals surface area contributed by atoms with E-state index in [4.69, 9.17) is 4.84 Å². The predicted molar refractivity (Wildman–Crippen MR) is 63.9 cm³/mol.